The number of nitriles is 1. The predicted molar refractivity (Wildman–Crippen MR) is 108 cm³/mol. The number of nitrogens with one attached hydrogen (secondary N) is 1. The zero-order valence-electron chi connectivity index (χ0n) is 16.6. The van der Waals surface area contributed by atoms with Crippen LogP contribution in [0.3, 0.4) is 0 Å². The van der Waals surface area contributed by atoms with E-state index in [1.807, 2.05) is 30.3 Å². The van der Waals surface area contributed by atoms with Crippen molar-refractivity contribution in [1.82, 2.24) is 15.1 Å². The first-order chi connectivity index (χ1) is 15.1. The van der Waals surface area contributed by atoms with Gasteiger partial charge in [-0.25, -0.2) is 4.68 Å². The van der Waals surface area contributed by atoms with E-state index in [2.05, 4.69) is 16.5 Å². The van der Waals surface area contributed by atoms with Crippen molar-refractivity contribution in [3.63, 3.8) is 0 Å². The second-order valence-electron chi connectivity index (χ2n) is 6.68. The standard InChI is InChI=1S/C22H18N4O5/c1-14-17(10-23)18(26(25-14)16-5-3-2-4-6-16)12-29-21(27)11-24-22(28)15-7-8-19-20(9-15)31-13-30-19/h2-9H,11-13H2,1H3,(H,24,28). The van der Waals surface area contributed by atoms with E-state index in [1.165, 1.54) is 0 Å². The van der Waals surface area contributed by atoms with Gasteiger partial charge in [0.15, 0.2) is 11.5 Å². The average molecular weight is 418 g/mol. The molecule has 1 aliphatic rings. The monoisotopic (exact) mass is 418 g/mol. The summed E-state index contributed by atoms with van der Waals surface area (Å²) in [7, 11) is 0. The molecule has 1 amide bonds. The van der Waals surface area contributed by atoms with Gasteiger partial charge in [-0.2, -0.15) is 10.4 Å². The van der Waals surface area contributed by atoms with Crippen molar-refractivity contribution in [2.45, 2.75) is 13.5 Å². The Morgan fingerprint density at radius 1 is 1.19 bits per heavy atom. The van der Waals surface area contributed by atoms with E-state index in [9.17, 15) is 14.9 Å². The second kappa shape index (κ2) is 8.59. The number of aryl methyl sites for hydroxylation is 1. The molecule has 0 spiro atoms. The predicted octanol–water partition coefficient (Wildman–Crippen LogP) is 2.25. The molecule has 2 aromatic carbocycles. The van der Waals surface area contributed by atoms with E-state index >= 15 is 0 Å². The topological polar surface area (TPSA) is 115 Å². The number of benzene rings is 2. The second-order valence-corrected chi connectivity index (χ2v) is 6.68. The van der Waals surface area contributed by atoms with Gasteiger partial charge in [0, 0.05) is 5.56 Å². The lowest BCUT2D eigenvalue weighted by atomic mass is 10.2. The highest BCUT2D eigenvalue weighted by atomic mass is 16.7. The van der Waals surface area contributed by atoms with Gasteiger partial charge in [-0.3, -0.25) is 9.59 Å². The summed E-state index contributed by atoms with van der Waals surface area (Å²) in [6, 6.07) is 16.1. The van der Waals surface area contributed by atoms with Gasteiger partial charge in [-0.1, -0.05) is 18.2 Å². The minimum Gasteiger partial charge on any atom is -0.458 e. The Morgan fingerprint density at radius 2 is 1.97 bits per heavy atom. The van der Waals surface area contributed by atoms with Gasteiger partial charge in [0.25, 0.3) is 5.91 Å². The number of ether oxygens (including phenoxy) is 3. The van der Waals surface area contributed by atoms with Crippen LogP contribution >= 0.6 is 0 Å². The normalized spacial score (nSPS) is 11.6. The summed E-state index contributed by atoms with van der Waals surface area (Å²) in [6.45, 7) is 1.34. The Balaban J connectivity index is 1.39. The summed E-state index contributed by atoms with van der Waals surface area (Å²) < 4.78 is 17.3. The Bertz CT molecular complexity index is 1180. The van der Waals surface area contributed by atoms with Crippen LogP contribution in [0, 0.1) is 18.3 Å². The highest BCUT2D eigenvalue weighted by Crippen LogP contribution is 2.32. The zero-order valence-corrected chi connectivity index (χ0v) is 16.6. The molecule has 9 heteroatoms. The van der Waals surface area contributed by atoms with Crippen LogP contribution in [-0.2, 0) is 16.1 Å². The van der Waals surface area contributed by atoms with Gasteiger partial charge in [-0.15, -0.1) is 0 Å². The number of aromatic nitrogens is 2. The van der Waals surface area contributed by atoms with Gasteiger partial charge < -0.3 is 19.5 Å². The molecule has 31 heavy (non-hydrogen) atoms. The highest BCUT2D eigenvalue weighted by molar-refractivity contribution is 5.96. The molecule has 1 aromatic heterocycles. The third-order valence-electron chi connectivity index (χ3n) is 4.67. The number of fused-ring (bicyclic) bond motifs is 1. The number of para-hydroxylation sites is 1. The largest absolute Gasteiger partial charge is 0.458 e. The van der Waals surface area contributed by atoms with Crippen LogP contribution in [0.1, 0.15) is 27.3 Å². The van der Waals surface area contributed by atoms with E-state index in [4.69, 9.17) is 14.2 Å². The Labute approximate surface area is 177 Å². The lowest BCUT2D eigenvalue weighted by Gasteiger charge is -2.10. The van der Waals surface area contributed by atoms with Crippen molar-refractivity contribution in [2.75, 3.05) is 13.3 Å². The summed E-state index contributed by atoms with van der Waals surface area (Å²) in [4.78, 5) is 24.5. The maximum Gasteiger partial charge on any atom is 0.325 e. The third kappa shape index (κ3) is 4.18. The molecule has 2 heterocycles. The number of carbonyl (C=O) groups excluding carboxylic acids is 2. The molecule has 0 radical (unpaired) electrons. The molecule has 0 bridgehead atoms. The number of nitrogens with zero attached hydrogens (tertiary/aromatic N) is 3. The number of hydrogen-bond acceptors (Lipinski definition) is 7. The van der Waals surface area contributed by atoms with Gasteiger partial charge in [-0.05, 0) is 37.3 Å². The molecular weight excluding hydrogens is 400 g/mol. The molecule has 0 saturated carbocycles. The van der Waals surface area contributed by atoms with Crippen molar-refractivity contribution >= 4 is 11.9 Å². The number of hydrogen-bond donors (Lipinski definition) is 1. The van der Waals surface area contributed by atoms with Gasteiger partial charge in [0.2, 0.25) is 6.79 Å². The van der Waals surface area contributed by atoms with Crippen molar-refractivity contribution in [3.8, 4) is 23.3 Å². The van der Waals surface area contributed by atoms with E-state index in [-0.39, 0.29) is 19.9 Å². The van der Waals surface area contributed by atoms with Gasteiger partial charge >= 0.3 is 5.97 Å². The summed E-state index contributed by atoms with van der Waals surface area (Å²) in [5, 5.41) is 16.4. The quantitative estimate of drug-likeness (QED) is 0.611. The zero-order chi connectivity index (χ0) is 21.8. The fourth-order valence-electron chi connectivity index (χ4n) is 3.13. The highest BCUT2D eigenvalue weighted by Gasteiger charge is 2.19. The molecule has 3 aromatic rings. The van der Waals surface area contributed by atoms with E-state index in [0.717, 1.165) is 5.69 Å². The Morgan fingerprint density at radius 3 is 2.74 bits per heavy atom. The molecule has 4 rings (SSSR count). The number of esters is 1. The van der Waals surface area contributed by atoms with Crippen LogP contribution in [-0.4, -0.2) is 35.0 Å². The van der Waals surface area contributed by atoms with Gasteiger partial charge in [0.1, 0.15) is 24.8 Å². The minimum atomic E-state index is -0.642. The van der Waals surface area contributed by atoms with E-state index in [0.29, 0.717) is 34.0 Å². The van der Waals surface area contributed by atoms with Crippen LogP contribution in [0.5, 0.6) is 11.5 Å². The van der Waals surface area contributed by atoms with Crippen molar-refractivity contribution in [2.24, 2.45) is 0 Å². The molecule has 0 aliphatic carbocycles. The summed E-state index contributed by atoms with van der Waals surface area (Å²) in [6.07, 6.45) is 0. The summed E-state index contributed by atoms with van der Waals surface area (Å²) >= 11 is 0. The van der Waals surface area contributed by atoms with Crippen LogP contribution in [0.25, 0.3) is 5.69 Å². The maximum atomic E-state index is 12.3. The van der Waals surface area contributed by atoms with Crippen LogP contribution in [0.15, 0.2) is 48.5 Å². The molecule has 0 saturated heterocycles. The maximum absolute atomic E-state index is 12.3. The summed E-state index contributed by atoms with van der Waals surface area (Å²) in [5.41, 5.74) is 2.42. The van der Waals surface area contributed by atoms with Gasteiger partial charge in [0.05, 0.1) is 17.1 Å². The van der Waals surface area contributed by atoms with Crippen molar-refractivity contribution in [3.05, 3.63) is 71.0 Å². The molecule has 0 unspecified atom stereocenters. The molecular formula is C22H18N4O5. The summed E-state index contributed by atoms with van der Waals surface area (Å²) in [5.74, 6) is -0.0482. The van der Waals surface area contributed by atoms with Crippen LogP contribution in [0.2, 0.25) is 0 Å². The first-order valence-corrected chi connectivity index (χ1v) is 9.44. The molecule has 156 valence electrons. The van der Waals surface area contributed by atoms with E-state index < -0.39 is 11.9 Å². The lowest BCUT2D eigenvalue weighted by Crippen LogP contribution is -2.30. The van der Waals surface area contributed by atoms with Crippen LogP contribution in [0.4, 0.5) is 0 Å². The number of amides is 1. The number of rotatable bonds is 6. The van der Waals surface area contributed by atoms with Crippen LogP contribution < -0.4 is 14.8 Å². The smallest absolute Gasteiger partial charge is 0.325 e. The molecule has 0 fully saturated rings. The minimum absolute atomic E-state index is 0.108. The average Bonchev–Trinajstić information content (AvgIpc) is 3.39. The van der Waals surface area contributed by atoms with E-state index in [1.54, 1.807) is 29.8 Å². The van der Waals surface area contributed by atoms with Crippen molar-refractivity contribution in [1.29, 1.82) is 5.26 Å². The number of carbonyl (C=O) groups is 2. The lowest BCUT2D eigenvalue weighted by molar-refractivity contribution is -0.143. The first-order valence-electron chi connectivity index (χ1n) is 9.44. The molecule has 1 aliphatic heterocycles. The Kier molecular flexibility index (Phi) is 5.53. The molecule has 1 N–H and O–H groups in total. The fraction of sp³-hybridized carbons (Fsp3) is 0.182. The van der Waals surface area contributed by atoms with Crippen molar-refractivity contribution < 1.29 is 23.8 Å². The molecule has 0 atom stereocenters. The fourth-order valence-corrected chi connectivity index (χ4v) is 3.13. The third-order valence-corrected chi connectivity index (χ3v) is 4.67. The molecule has 9 nitrogen and oxygen atoms in total. The Hall–Kier alpha value is -4.32. The SMILES string of the molecule is Cc1nn(-c2ccccc2)c(COC(=O)CNC(=O)c2ccc3c(c2)OCO3)c1C#N. The first kappa shape index (κ1) is 20.0.